The monoisotopic (exact) mass is 286 g/mol. The Balaban J connectivity index is 2.53. The maximum atomic E-state index is 11.8. The Labute approximate surface area is 120 Å². The fraction of sp³-hybridized carbons (Fsp3) is 0.857. The third-order valence-corrected chi connectivity index (χ3v) is 2.91. The number of alkyl carbamates (subject to hydrolysis) is 1. The second-order valence-electron chi connectivity index (χ2n) is 6.29. The summed E-state index contributed by atoms with van der Waals surface area (Å²) in [7, 11) is 0. The fourth-order valence-corrected chi connectivity index (χ4v) is 2.29. The van der Waals surface area contributed by atoms with Crippen LogP contribution in [0.5, 0.6) is 0 Å². The molecule has 0 radical (unpaired) electrons. The van der Waals surface area contributed by atoms with Crippen LogP contribution in [0.2, 0.25) is 0 Å². The summed E-state index contributed by atoms with van der Waals surface area (Å²) in [5.41, 5.74) is -0.523. The van der Waals surface area contributed by atoms with Gasteiger partial charge in [0.2, 0.25) is 0 Å². The SMILES string of the molecule is CCOC(=O)N1CC(C)CC(NC(=O)OC(C)(C)C)C1. The molecule has 0 spiro atoms. The minimum atomic E-state index is -0.523. The number of hydrogen-bond donors (Lipinski definition) is 1. The van der Waals surface area contributed by atoms with E-state index in [9.17, 15) is 9.59 Å². The Bertz CT molecular complexity index is 352. The average molecular weight is 286 g/mol. The van der Waals surface area contributed by atoms with E-state index in [-0.39, 0.29) is 12.1 Å². The molecule has 0 bridgehead atoms. The van der Waals surface area contributed by atoms with Gasteiger partial charge in [-0.3, -0.25) is 0 Å². The normalized spacial score (nSPS) is 23.1. The van der Waals surface area contributed by atoms with Crippen LogP contribution in [0.25, 0.3) is 0 Å². The van der Waals surface area contributed by atoms with Gasteiger partial charge < -0.3 is 19.7 Å². The number of ether oxygens (including phenoxy) is 2. The molecule has 6 heteroatoms. The lowest BCUT2D eigenvalue weighted by Gasteiger charge is -2.36. The summed E-state index contributed by atoms with van der Waals surface area (Å²) in [6.07, 6.45) is 0.0604. The van der Waals surface area contributed by atoms with Crippen molar-refractivity contribution in [1.82, 2.24) is 10.2 Å². The number of amides is 2. The van der Waals surface area contributed by atoms with Gasteiger partial charge in [-0.2, -0.15) is 0 Å². The molecule has 1 saturated heterocycles. The first kappa shape index (κ1) is 16.6. The first-order chi connectivity index (χ1) is 9.21. The molecule has 1 rings (SSSR count). The zero-order valence-corrected chi connectivity index (χ0v) is 13.1. The molecule has 0 aromatic heterocycles. The molecule has 0 aromatic rings. The first-order valence-electron chi connectivity index (χ1n) is 7.12. The van der Waals surface area contributed by atoms with E-state index in [1.54, 1.807) is 11.8 Å². The molecule has 2 amide bonds. The molecule has 0 saturated carbocycles. The lowest BCUT2D eigenvalue weighted by Crippen LogP contribution is -2.52. The van der Waals surface area contributed by atoms with E-state index in [1.807, 2.05) is 20.8 Å². The highest BCUT2D eigenvalue weighted by atomic mass is 16.6. The van der Waals surface area contributed by atoms with Crippen molar-refractivity contribution in [2.75, 3.05) is 19.7 Å². The quantitative estimate of drug-likeness (QED) is 0.846. The molecule has 1 fully saturated rings. The van der Waals surface area contributed by atoms with Crippen molar-refractivity contribution in [3.63, 3.8) is 0 Å². The van der Waals surface area contributed by atoms with Gasteiger partial charge in [0.1, 0.15) is 5.60 Å². The van der Waals surface area contributed by atoms with E-state index in [4.69, 9.17) is 9.47 Å². The van der Waals surface area contributed by atoms with Crippen LogP contribution in [0.15, 0.2) is 0 Å². The van der Waals surface area contributed by atoms with E-state index in [0.29, 0.717) is 25.6 Å². The average Bonchev–Trinajstić information content (AvgIpc) is 2.25. The number of piperidine rings is 1. The van der Waals surface area contributed by atoms with E-state index in [1.165, 1.54) is 0 Å². The Morgan fingerprint density at radius 1 is 1.30 bits per heavy atom. The van der Waals surface area contributed by atoms with Crippen molar-refractivity contribution in [3.8, 4) is 0 Å². The number of nitrogens with one attached hydrogen (secondary N) is 1. The van der Waals surface area contributed by atoms with Gasteiger partial charge in [-0.25, -0.2) is 9.59 Å². The Morgan fingerprint density at radius 2 is 1.95 bits per heavy atom. The van der Waals surface area contributed by atoms with E-state index in [0.717, 1.165) is 6.42 Å². The third-order valence-electron chi connectivity index (χ3n) is 2.91. The number of carbonyl (C=O) groups is 2. The van der Waals surface area contributed by atoms with Gasteiger partial charge in [-0.1, -0.05) is 6.92 Å². The van der Waals surface area contributed by atoms with Gasteiger partial charge >= 0.3 is 12.2 Å². The lowest BCUT2D eigenvalue weighted by molar-refractivity contribution is 0.0430. The Morgan fingerprint density at radius 3 is 2.50 bits per heavy atom. The first-order valence-corrected chi connectivity index (χ1v) is 7.12. The van der Waals surface area contributed by atoms with Gasteiger partial charge in [0.15, 0.2) is 0 Å². The van der Waals surface area contributed by atoms with Crippen LogP contribution in [0.3, 0.4) is 0 Å². The molecule has 1 N–H and O–H groups in total. The molecule has 0 aromatic carbocycles. The highest BCUT2D eigenvalue weighted by molar-refractivity contribution is 5.69. The van der Waals surface area contributed by atoms with Crippen LogP contribution in [-0.2, 0) is 9.47 Å². The van der Waals surface area contributed by atoms with Crippen molar-refractivity contribution in [2.24, 2.45) is 5.92 Å². The van der Waals surface area contributed by atoms with Crippen LogP contribution >= 0.6 is 0 Å². The lowest BCUT2D eigenvalue weighted by atomic mass is 9.96. The highest BCUT2D eigenvalue weighted by Gasteiger charge is 2.30. The summed E-state index contributed by atoms with van der Waals surface area (Å²) in [5.74, 6) is 0.313. The number of nitrogens with zero attached hydrogens (tertiary/aromatic N) is 1. The zero-order valence-electron chi connectivity index (χ0n) is 13.1. The van der Waals surface area contributed by atoms with Crippen molar-refractivity contribution in [1.29, 1.82) is 0 Å². The molecule has 1 aliphatic rings. The van der Waals surface area contributed by atoms with Crippen molar-refractivity contribution < 1.29 is 19.1 Å². The van der Waals surface area contributed by atoms with Gasteiger partial charge in [0.25, 0.3) is 0 Å². The summed E-state index contributed by atoms with van der Waals surface area (Å²) in [4.78, 5) is 25.2. The summed E-state index contributed by atoms with van der Waals surface area (Å²) >= 11 is 0. The largest absolute Gasteiger partial charge is 0.450 e. The van der Waals surface area contributed by atoms with Crippen LogP contribution in [0.1, 0.15) is 41.0 Å². The second-order valence-corrected chi connectivity index (χ2v) is 6.29. The molecule has 1 heterocycles. The minimum Gasteiger partial charge on any atom is -0.450 e. The topological polar surface area (TPSA) is 67.9 Å². The summed E-state index contributed by atoms with van der Waals surface area (Å²) in [6.45, 7) is 10.8. The highest BCUT2D eigenvalue weighted by Crippen LogP contribution is 2.18. The summed E-state index contributed by atoms with van der Waals surface area (Å²) < 4.78 is 10.2. The van der Waals surface area contributed by atoms with Crippen molar-refractivity contribution >= 4 is 12.2 Å². The van der Waals surface area contributed by atoms with Crippen LogP contribution in [0.4, 0.5) is 9.59 Å². The molecule has 2 atom stereocenters. The van der Waals surface area contributed by atoms with Gasteiger partial charge in [0.05, 0.1) is 12.6 Å². The molecule has 20 heavy (non-hydrogen) atoms. The third kappa shape index (κ3) is 5.67. The van der Waals surface area contributed by atoms with E-state index < -0.39 is 11.7 Å². The summed E-state index contributed by atoms with van der Waals surface area (Å²) in [5, 5.41) is 2.82. The number of hydrogen-bond acceptors (Lipinski definition) is 4. The molecular formula is C14H26N2O4. The van der Waals surface area contributed by atoms with Crippen LogP contribution in [-0.4, -0.2) is 48.4 Å². The summed E-state index contributed by atoms with van der Waals surface area (Å²) in [6, 6.07) is -0.0991. The minimum absolute atomic E-state index is 0.0991. The number of rotatable bonds is 2. The molecule has 1 aliphatic heterocycles. The Hall–Kier alpha value is -1.46. The molecule has 6 nitrogen and oxygen atoms in total. The molecule has 116 valence electrons. The van der Waals surface area contributed by atoms with Gasteiger partial charge in [-0.05, 0) is 40.0 Å². The predicted molar refractivity (Wildman–Crippen MR) is 75.5 cm³/mol. The zero-order chi connectivity index (χ0) is 15.3. The molecule has 0 aliphatic carbocycles. The van der Waals surface area contributed by atoms with E-state index >= 15 is 0 Å². The molecule has 2 unspecified atom stereocenters. The maximum Gasteiger partial charge on any atom is 0.409 e. The smallest absolute Gasteiger partial charge is 0.409 e. The maximum absolute atomic E-state index is 11.8. The predicted octanol–water partition coefficient (Wildman–Crippen LogP) is 2.38. The van der Waals surface area contributed by atoms with Crippen molar-refractivity contribution in [3.05, 3.63) is 0 Å². The standard InChI is InChI=1S/C14H26N2O4/c1-6-19-13(18)16-8-10(2)7-11(9-16)15-12(17)20-14(3,4)5/h10-11H,6-9H2,1-5H3,(H,15,17). The van der Waals surface area contributed by atoms with Crippen LogP contribution < -0.4 is 5.32 Å². The van der Waals surface area contributed by atoms with Gasteiger partial charge in [0, 0.05) is 13.1 Å². The fourth-order valence-electron chi connectivity index (χ4n) is 2.29. The second kappa shape index (κ2) is 6.81. The Kier molecular flexibility index (Phi) is 5.65. The molecular weight excluding hydrogens is 260 g/mol. The van der Waals surface area contributed by atoms with Crippen LogP contribution in [0, 0.1) is 5.92 Å². The van der Waals surface area contributed by atoms with Gasteiger partial charge in [-0.15, -0.1) is 0 Å². The number of carbonyl (C=O) groups excluding carboxylic acids is 2. The number of likely N-dealkylation sites (tertiary alicyclic amines) is 1. The van der Waals surface area contributed by atoms with Crippen molar-refractivity contribution in [2.45, 2.75) is 52.7 Å². The van der Waals surface area contributed by atoms with E-state index in [2.05, 4.69) is 12.2 Å².